The van der Waals surface area contributed by atoms with Crippen LogP contribution in [-0.2, 0) is 4.79 Å². The van der Waals surface area contributed by atoms with E-state index in [1.165, 1.54) is 43.9 Å². The number of amides is 1. The Labute approximate surface area is 204 Å². The quantitative estimate of drug-likeness (QED) is 0.445. The van der Waals surface area contributed by atoms with E-state index in [0.717, 1.165) is 17.0 Å². The normalized spacial score (nSPS) is 22.3. The van der Waals surface area contributed by atoms with E-state index in [9.17, 15) is 22.4 Å². The van der Waals surface area contributed by atoms with Crippen LogP contribution in [0.25, 0.3) is 0 Å². The number of carbonyl (C=O) groups is 1. The van der Waals surface area contributed by atoms with Crippen LogP contribution in [0.15, 0.2) is 41.5 Å². The summed E-state index contributed by atoms with van der Waals surface area (Å²) in [7, 11) is 0. The zero-order valence-corrected chi connectivity index (χ0v) is 19.8. The van der Waals surface area contributed by atoms with E-state index in [4.69, 9.17) is 32.4 Å². The van der Waals surface area contributed by atoms with E-state index in [2.05, 4.69) is 0 Å². The number of nitriles is 1. The summed E-state index contributed by atoms with van der Waals surface area (Å²) in [6, 6.07) is 4.12. The summed E-state index contributed by atoms with van der Waals surface area (Å²) in [6.45, 7) is 3.20. The van der Waals surface area contributed by atoms with Crippen LogP contribution < -0.4 is 9.64 Å². The highest BCUT2D eigenvalue weighted by atomic mass is 32.1. The van der Waals surface area contributed by atoms with E-state index in [-0.39, 0.29) is 16.5 Å². The summed E-state index contributed by atoms with van der Waals surface area (Å²) in [6.07, 6.45) is -3.45. The number of nitrogens with zero attached hydrogens (tertiary/aromatic N) is 3. The van der Waals surface area contributed by atoms with Crippen molar-refractivity contribution in [1.82, 2.24) is 4.90 Å². The minimum Gasteiger partial charge on any atom is -0.483 e. The molecule has 1 amide bonds. The van der Waals surface area contributed by atoms with E-state index in [1.807, 2.05) is 0 Å². The molecule has 0 saturated carbocycles. The fourth-order valence-electron chi connectivity index (χ4n) is 4.24. The van der Waals surface area contributed by atoms with Gasteiger partial charge in [-0.3, -0.25) is 9.69 Å². The van der Waals surface area contributed by atoms with Gasteiger partial charge in [-0.1, -0.05) is 13.0 Å². The largest absolute Gasteiger partial charge is 0.483 e. The van der Waals surface area contributed by atoms with Crippen molar-refractivity contribution in [3.05, 3.63) is 47.3 Å². The first-order valence-corrected chi connectivity index (χ1v) is 11.0. The summed E-state index contributed by atoms with van der Waals surface area (Å²) in [5.41, 5.74) is -2.79. The summed E-state index contributed by atoms with van der Waals surface area (Å²) in [5.74, 6) is -2.98. The maximum Gasteiger partial charge on any atom is 0.414 e. The number of hydrogen-bond acceptors (Lipinski definition) is 6. The molecule has 2 N–H and O–H groups in total. The van der Waals surface area contributed by atoms with Crippen LogP contribution in [0.4, 0.5) is 23.2 Å². The number of alkyl halides is 3. The maximum absolute atomic E-state index is 14.8. The molecule has 188 valence electrons. The van der Waals surface area contributed by atoms with Gasteiger partial charge < -0.3 is 19.8 Å². The van der Waals surface area contributed by atoms with Crippen LogP contribution in [0.1, 0.15) is 20.8 Å². The summed E-state index contributed by atoms with van der Waals surface area (Å²) < 4.78 is 61.1. The fourth-order valence-corrected chi connectivity index (χ4v) is 4.78. The van der Waals surface area contributed by atoms with Gasteiger partial charge in [0.2, 0.25) is 0 Å². The summed E-state index contributed by atoms with van der Waals surface area (Å²) in [4.78, 5) is 15.8. The van der Waals surface area contributed by atoms with Gasteiger partial charge in [-0.15, -0.1) is 0 Å². The lowest BCUT2D eigenvalue weighted by Gasteiger charge is -2.35. The molecule has 0 aromatic heterocycles. The monoisotopic (exact) mass is 513 g/mol. The lowest BCUT2D eigenvalue weighted by Crippen LogP contribution is -2.47. The predicted molar refractivity (Wildman–Crippen MR) is 122 cm³/mol. The number of allylic oxidation sites excluding steroid dienone is 2. The second kappa shape index (κ2) is 9.56. The number of ether oxygens (including phenoxy) is 1. The van der Waals surface area contributed by atoms with E-state index < -0.39 is 65.9 Å². The van der Waals surface area contributed by atoms with Gasteiger partial charge in [0.15, 0.2) is 16.7 Å². The second-order valence-corrected chi connectivity index (χ2v) is 9.01. The van der Waals surface area contributed by atoms with Gasteiger partial charge in [-0.05, 0) is 44.3 Å². The SMILES string of the molecule is CC1C(C(F)(F)F)=C(C#N)C=CC1N1C(=O)C(C)(C)N(c2ccc(OC(CO)CO)c(F)c2)C1=S. The van der Waals surface area contributed by atoms with Gasteiger partial charge >= 0.3 is 6.18 Å². The number of thiocarbonyl (C=S) groups is 1. The van der Waals surface area contributed by atoms with Crippen molar-refractivity contribution in [1.29, 1.82) is 5.26 Å². The molecule has 0 bridgehead atoms. The number of benzene rings is 1. The minimum absolute atomic E-state index is 0.125. The highest BCUT2D eigenvalue weighted by molar-refractivity contribution is 7.80. The molecule has 1 fully saturated rings. The van der Waals surface area contributed by atoms with Crippen molar-refractivity contribution < 1.29 is 37.3 Å². The predicted octanol–water partition coefficient (Wildman–Crippen LogP) is 3.23. The lowest BCUT2D eigenvalue weighted by molar-refractivity contribution is -0.132. The Balaban J connectivity index is 1.98. The third kappa shape index (κ3) is 4.63. The average Bonchev–Trinajstić information content (AvgIpc) is 2.95. The van der Waals surface area contributed by atoms with Crippen LogP contribution in [0.5, 0.6) is 5.75 Å². The molecule has 3 rings (SSSR count). The topological polar surface area (TPSA) is 97.0 Å². The Morgan fingerprint density at radius 2 is 1.91 bits per heavy atom. The summed E-state index contributed by atoms with van der Waals surface area (Å²) >= 11 is 5.49. The average molecular weight is 514 g/mol. The van der Waals surface area contributed by atoms with Crippen molar-refractivity contribution in [3.8, 4) is 11.8 Å². The molecule has 1 aliphatic carbocycles. The highest BCUT2D eigenvalue weighted by Gasteiger charge is 2.54. The van der Waals surface area contributed by atoms with Gasteiger partial charge in [-0.2, -0.15) is 18.4 Å². The summed E-state index contributed by atoms with van der Waals surface area (Å²) in [5, 5.41) is 27.3. The molecule has 1 heterocycles. The second-order valence-electron chi connectivity index (χ2n) is 8.65. The maximum atomic E-state index is 14.8. The van der Waals surface area contributed by atoms with Crippen molar-refractivity contribution in [2.24, 2.45) is 5.92 Å². The molecule has 1 aromatic rings. The molecular formula is C23H23F4N3O4S. The standard InChI is InChI=1S/C23H23F4N3O4S/c1-12-17(6-4-13(9-28)19(12)23(25,26)27)29-20(33)22(2,3)30(21(29)35)14-5-7-18(16(24)8-14)34-15(10-31)11-32/h4-8,12,15,17,31-32H,10-11H2,1-3H3. The third-order valence-corrected chi connectivity index (χ3v) is 6.39. The zero-order valence-electron chi connectivity index (χ0n) is 19.0. The first kappa shape index (κ1) is 26.6. The number of carbonyl (C=O) groups excluding carboxylic acids is 1. The van der Waals surface area contributed by atoms with Gasteiger partial charge in [0.1, 0.15) is 11.6 Å². The Morgan fingerprint density at radius 3 is 2.43 bits per heavy atom. The first-order chi connectivity index (χ1) is 16.3. The molecule has 35 heavy (non-hydrogen) atoms. The van der Waals surface area contributed by atoms with Crippen LogP contribution in [0.3, 0.4) is 0 Å². The first-order valence-electron chi connectivity index (χ1n) is 10.5. The van der Waals surface area contributed by atoms with Crippen molar-refractivity contribution >= 4 is 28.9 Å². The molecule has 1 aromatic carbocycles. The number of halogens is 4. The molecule has 2 atom stereocenters. The van der Waals surface area contributed by atoms with E-state index in [0.29, 0.717) is 0 Å². The molecule has 0 radical (unpaired) electrons. The third-order valence-electron chi connectivity index (χ3n) is 6.01. The molecular weight excluding hydrogens is 490 g/mol. The highest BCUT2D eigenvalue weighted by Crippen LogP contribution is 2.43. The van der Waals surface area contributed by atoms with Crippen molar-refractivity contribution in [2.45, 2.75) is 44.6 Å². The zero-order chi connectivity index (χ0) is 26.3. The Hall–Kier alpha value is -3.01. The van der Waals surface area contributed by atoms with Crippen LogP contribution in [-0.4, -0.2) is 63.2 Å². The number of aliphatic hydroxyl groups is 2. The van der Waals surface area contributed by atoms with Gasteiger partial charge in [0, 0.05) is 17.7 Å². The van der Waals surface area contributed by atoms with Gasteiger partial charge in [0.05, 0.1) is 36.5 Å². The van der Waals surface area contributed by atoms with Gasteiger partial charge in [0.25, 0.3) is 5.91 Å². The van der Waals surface area contributed by atoms with Crippen molar-refractivity contribution in [3.63, 3.8) is 0 Å². The molecule has 12 heteroatoms. The Bertz CT molecular complexity index is 1140. The molecule has 7 nitrogen and oxygen atoms in total. The lowest BCUT2D eigenvalue weighted by atomic mass is 9.83. The van der Waals surface area contributed by atoms with Gasteiger partial charge in [-0.25, -0.2) is 4.39 Å². The van der Waals surface area contributed by atoms with E-state index in [1.54, 1.807) is 6.07 Å². The minimum atomic E-state index is -4.78. The number of hydrogen-bond donors (Lipinski definition) is 2. The number of rotatable bonds is 6. The Morgan fingerprint density at radius 1 is 1.29 bits per heavy atom. The van der Waals surface area contributed by atoms with Crippen molar-refractivity contribution in [2.75, 3.05) is 18.1 Å². The molecule has 0 spiro atoms. The van der Waals surface area contributed by atoms with Crippen LogP contribution in [0.2, 0.25) is 0 Å². The van der Waals surface area contributed by atoms with E-state index >= 15 is 0 Å². The smallest absolute Gasteiger partial charge is 0.414 e. The fraction of sp³-hybridized carbons (Fsp3) is 0.435. The Kier molecular flexibility index (Phi) is 7.26. The molecule has 2 unspecified atom stereocenters. The molecule has 2 aliphatic rings. The van der Waals surface area contributed by atoms with Crippen LogP contribution >= 0.6 is 12.2 Å². The number of aliphatic hydroxyl groups excluding tert-OH is 2. The molecule has 1 saturated heterocycles. The molecule has 1 aliphatic heterocycles. The van der Waals surface area contributed by atoms with Crippen LogP contribution in [0, 0.1) is 23.1 Å². The number of anilines is 1.